The normalized spacial score (nSPS) is 18.6. The summed E-state index contributed by atoms with van der Waals surface area (Å²) < 4.78 is 1.66. The van der Waals surface area contributed by atoms with Crippen LogP contribution in [0.25, 0.3) is 0 Å². The fraction of sp³-hybridized carbons (Fsp3) is 0.727. The van der Waals surface area contributed by atoms with Gasteiger partial charge >= 0.3 is 5.97 Å². The summed E-state index contributed by atoms with van der Waals surface area (Å²) in [6.45, 7) is 2.59. The molecular weight excluding hydrogens is 252 g/mol. The average molecular weight is 270 g/mol. The lowest BCUT2D eigenvalue weighted by Crippen LogP contribution is -2.56. The fourth-order valence-electron chi connectivity index (χ4n) is 2.11. The number of aryl methyl sites for hydroxylation is 1. The predicted molar refractivity (Wildman–Crippen MR) is 68.5 cm³/mol. The van der Waals surface area contributed by atoms with Crippen LogP contribution in [0.15, 0.2) is 11.5 Å². The van der Waals surface area contributed by atoms with Crippen molar-refractivity contribution in [2.45, 2.75) is 30.5 Å². The molecule has 1 heterocycles. The molecule has 1 unspecified atom stereocenters. The summed E-state index contributed by atoms with van der Waals surface area (Å²) in [4.78, 5) is 15.7. The molecule has 1 aromatic rings. The first-order valence-electron chi connectivity index (χ1n) is 6.05. The summed E-state index contributed by atoms with van der Waals surface area (Å²) in [5.74, 6) is -0.0508. The SMILES string of the molecule is CCNC(CSc1ncnn1C)(C(=O)O)C1CC1. The second-order valence-electron chi connectivity index (χ2n) is 4.54. The van der Waals surface area contributed by atoms with Crippen LogP contribution < -0.4 is 5.32 Å². The minimum absolute atomic E-state index is 0.232. The van der Waals surface area contributed by atoms with E-state index >= 15 is 0 Å². The molecule has 2 rings (SSSR count). The monoisotopic (exact) mass is 270 g/mol. The molecule has 0 aromatic carbocycles. The smallest absolute Gasteiger partial charge is 0.325 e. The summed E-state index contributed by atoms with van der Waals surface area (Å²) in [5.41, 5.74) is -0.828. The van der Waals surface area contributed by atoms with Crippen molar-refractivity contribution in [3.05, 3.63) is 6.33 Å². The zero-order valence-corrected chi connectivity index (χ0v) is 11.4. The lowest BCUT2D eigenvalue weighted by atomic mass is 9.96. The van der Waals surface area contributed by atoms with Crippen LogP contribution in [-0.4, -0.2) is 43.7 Å². The standard InChI is InChI=1S/C11H18N4O2S/c1-3-13-11(9(16)17,8-4-5-8)6-18-10-12-7-14-15(10)2/h7-8,13H,3-6H2,1-2H3,(H,16,17). The van der Waals surface area contributed by atoms with Gasteiger partial charge in [0.15, 0.2) is 5.16 Å². The molecule has 7 heteroatoms. The van der Waals surface area contributed by atoms with Gasteiger partial charge in [0.2, 0.25) is 0 Å². The van der Waals surface area contributed by atoms with Gasteiger partial charge in [-0.05, 0) is 25.3 Å². The Morgan fingerprint density at radius 3 is 2.89 bits per heavy atom. The molecule has 0 spiro atoms. The lowest BCUT2D eigenvalue weighted by molar-refractivity contribution is -0.144. The Labute approximate surface area is 110 Å². The van der Waals surface area contributed by atoms with Crippen LogP contribution in [0.5, 0.6) is 0 Å². The van der Waals surface area contributed by atoms with Crippen LogP contribution >= 0.6 is 11.8 Å². The Morgan fingerprint density at radius 1 is 1.72 bits per heavy atom. The van der Waals surface area contributed by atoms with Gasteiger partial charge in [0, 0.05) is 12.8 Å². The quantitative estimate of drug-likeness (QED) is 0.712. The third-order valence-corrected chi connectivity index (χ3v) is 4.47. The number of hydrogen-bond acceptors (Lipinski definition) is 5. The largest absolute Gasteiger partial charge is 0.480 e. The molecule has 1 atom stereocenters. The van der Waals surface area contributed by atoms with Crippen LogP contribution in [-0.2, 0) is 11.8 Å². The molecule has 0 aliphatic heterocycles. The summed E-state index contributed by atoms with van der Waals surface area (Å²) in [7, 11) is 1.81. The van der Waals surface area contributed by atoms with Gasteiger partial charge in [-0.25, -0.2) is 9.67 Å². The van der Waals surface area contributed by atoms with Gasteiger partial charge in [0.1, 0.15) is 11.9 Å². The zero-order chi connectivity index (χ0) is 13.2. The van der Waals surface area contributed by atoms with E-state index in [9.17, 15) is 9.90 Å². The summed E-state index contributed by atoms with van der Waals surface area (Å²) in [6.07, 6.45) is 3.45. The van der Waals surface area contributed by atoms with E-state index < -0.39 is 11.5 Å². The number of carbonyl (C=O) groups is 1. The van der Waals surface area contributed by atoms with Crippen molar-refractivity contribution < 1.29 is 9.90 Å². The minimum Gasteiger partial charge on any atom is -0.480 e. The van der Waals surface area contributed by atoms with Gasteiger partial charge in [-0.1, -0.05) is 18.7 Å². The van der Waals surface area contributed by atoms with Gasteiger partial charge < -0.3 is 10.4 Å². The summed E-state index contributed by atoms with van der Waals surface area (Å²) in [6, 6.07) is 0. The zero-order valence-electron chi connectivity index (χ0n) is 10.6. The first-order chi connectivity index (χ1) is 8.60. The van der Waals surface area contributed by atoms with Crippen molar-refractivity contribution in [3.63, 3.8) is 0 Å². The number of nitrogens with zero attached hydrogens (tertiary/aromatic N) is 3. The topological polar surface area (TPSA) is 80.0 Å². The first-order valence-corrected chi connectivity index (χ1v) is 7.04. The number of aliphatic carboxylic acids is 1. The van der Waals surface area contributed by atoms with Crippen molar-refractivity contribution in [2.75, 3.05) is 12.3 Å². The van der Waals surface area contributed by atoms with Crippen molar-refractivity contribution in [2.24, 2.45) is 13.0 Å². The van der Waals surface area contributed by atoms with Crippen LogP contribution in [0.2, 0.25) is 0 Å². The molecule has 0 radical (unpaired) electrons. The van der Waals surface area contributed by atoms with Crippen LogP contribution in [0.4, 0.5) is 0 Å². The molecule has 1 aliphatic rings. The molecule has 0 saturated heterocycles. The second-order valence-corrected chi connectivity index (χ2v) is 5.48. The fourth-order valence-corrected chi connectivity index (χ4v) is 3.29. The average Bonchev–Trinajstić information content (AvgIpc) is 3.09. The molecule has 0 bridgehead atoms. The maximum atomic E-state index is 11.6. The van der Waals surface area contributed by atoms with E-state index in [-0.39, 0.29) is 5.92 Å². The number of rotatable bonds is 7. The maximum Gasteiger partial charge on any atom is 0.325 e. The molecule has 1 fully saturated rings. The lowest BCUT2D eigenvalue weighted by Gasteiger charge is -2.29. The van der Waals surface area contributed by atoms with E-state index in [0.29, 0.717) is 12.3 Å². The number of nitrogens with one attached hydrogen (secondary N) is 1. The van der Waals surface area contributed by atoms with Crippen molar-refractivity contribution in [1.29, 1.82) is 0 Å². The van der Waals surface area contributed by atoms with Gasteiger partial charge in [0.25, 0.3) is 0 Å². The van der Waals surface area contributed by atoms with E-state index in [2.05, 4.69) is 15.4 Å². The van der Waals surface area contributed by atoms with E-state index in [1.165, 1.54) is 18.1 Å². The van der Waals surface area contributed by atoms with Crippen molar-refractivity contribution >= 4 is 17.7 Å². The summed E-state index contributed by atoms with van der Waals surface area (Å²) in [5, 5.41) is 17.4. The Balaban J connectivity index is 2.10. The minimum atomic E-state index is -0.828. The van der Waals surface area contributed by atoms with Gasteiger partial charge in [0.05, 0.1) is 0 Å². The van der Waals surface area contributed by atoms with E-state index in [1.54, 1.807) is 4.68 Å². The van der Waals surface area contributed by atoms with E-state index in [0.717, 1.165) is 18.0 Å². The maximum absolute atomic E-state index is 11.6. The van der Waals surface area contributed by atoms with Crippen LogP contribution in [0.3, 0.4) is 0 Å². The molecule has 0 amide bonds. The predicted octanol–water partition coefficient (Wildman–Crippen LogP) is 0.750. The first kappa shape index (κ1) is 13.4. The third kappa shape index (κ3) is 2.51. The number of carboxylic acid groups (broad SMARTS) is 1. The van der Waals surface area contributed by atoms with E-state index in [4.69, 9.17) is 0 Å². The Kier molecular flexibility index (Phi) is 3.91. The number of carboxylic acids is 1. The Morgan fingerprint density at radius 2 is 2.44 bits per heavy atom. The highest BCUT2D eigenvalue weighted by atomic mass is 32.2. The van der Waals surface area contributed by atoms with Crippen molar-refractivity contribution in [3.8, 4) is 0 Å². The second kappa shape index (κ2) is 5.27. The van der Waals surface area contributed by atoms with Crippen molar-refractivity contribution in [1.82, 2.24) is 20.1 Å². The number of likely N-dealkylation sites (N-methyl/N-ethyl adjacent to an activating group) is 1. The number of thioether (sulfide) groups is 1. The van der Waals surface area contributed by atoms with Crippen LogP contribution in [0.1, 0.15) is 19.8 Å². The molecule has 100 valence electrons. The molecule has 1 aromatic heterocycles. The number of hydrogen-bond donors (Lipinski definition) is 2. The Bertz CT molecular complexity index is 432. The third-order valence-electron chi connectivity index (χ3n) is 3.25. The molecule has 18 heavy (non-hydrogen) atoms. The van der Waals surface area contributed by atoms with E-state index in [1.807, 2.05) is 14.0 Å². The van der Waals surface area contributed by atoms with Gasteiger partial charge in [-0.3, -0.25) is 4.79 Å². The highest BCUT2D eigenvalue weighted by Crippen LogP contribution is 2.42. The van der Waals surface area contributed by atoms with Gasteiger partial charge in [-0.15, -0.1) is 0 Å². The highest BCUT2D eigenvalue weighted by Gasteiger charge is 2.50. The summed E-state index contributed by atoms with van der Waals surface area (Å²) >= 11 is 1.44. The molecule has 6 nitrogen and oxygen atoms in total. The van der Waals surface area contributed by atoms with Crippen LogP contribution in [0, 0.1) is 5.92 Å². The van der Waals surface area contributed by atoms with Gasteiger partial charge in [-0.2, -0.15) is 5.10 Å². The molecule has 1 aliphatic carbocycles. The highest BCUT2D eigenvalue weighted by molar-refractivity contribution is 7.99. The molecule has 2 N–H and O–H groups in total. The molecular formula is C11H18N4O2S. The Hall–Kier alpha value is -1.08. The molecule has 1 saturated carbocycles. The number of aromatic nitrogens is 3.